The molecule has 2 aromatic rings. The molecule has 0 aliphatic rings. The Morgan fingerprint density at radius 1 is 1.11 bits per heavy atom. The lowest BCUT2D eigenvalue weighted by molar-refractivity contribution is 0.627. The van der Waals surface area contributed by atoms with Gasteiger partial charge in [0.2, 0.25) is 0 Å². The van der Waals surface area contributed by atoms with Gasteiger partial charge in [0.05, 0.1) is 0 Å². The second-order valence-electron chi connectivity index (χ2n) is 4.01. The monoisotopic (exact) mass is 262 g/mol. The fourth-order valence-electron chi connectivity index (χ4n) is 1.63. The molecule has 0 saturated carbocycles. The van der Waals surface area contributed by atoms with E-state index in [1.165, 1.54) is 12.1 Å². The third-order valence-corrected chi connectivity index (χ3v) is 3.83. The van der Waals surface area contributed by atoms with E-state index in [2.05, 4.69) is 0 Å². The maximum atomic E-state index is 12.9. The van der Waals surface area contributed by atoms with Crippen LogP contribution in [0.15, 0.2) is 53.4 Å². The molecule has 0 aliphatic carbocycles. The minimum Gasteiger partial charge on any atom is -0.398 e. The summed E-state index contributed by atoms with van der Waals surface area (Å²) in [4.78, 5) is 0.864. The second-order valence-corrected chi connectivity index (χ2v) is 5.07. The van der Waals surface area contributed by atoms with Crippen molar-refractivity contribution in [2.45, 2.75) is 10.9 Å². The van der Waals surface area contributed by atoms with E-state index in [9.17, 15) is 4.39 Å². The van der Waals surface area contributed by atoms with Crippen LogP contribution in [0.25, 0.3) is 0 Å². The van der Waals surface area contributed by atoms with Crippen molar-refractivity contribution in [1.82, 2.24) is 0 Å². The van der Waals surface area contributed by atoms with Gasteiger partial charge in [-0.05, 0) is 23.8 Å². The van der Waals surface area contributed by atoms with E-state index in [1.54, 1.807) is 17.8 Å². The van der Waals surface area contributed by atoms with E-state index in [1.807, 2.05) is 30.3 Å². The van der Waals surface area contributed by atoms with Crippen molar-refractivity contribution in [2.75, 3.05) is 11.5 Å². The Kier molecular flexibility index (Phi) is 4.23. The summed E-state index contributed by atoms with van der Waals surface area (Å²) in [6.07, 6.45) is 0. The molecule has 2 nitrogen and oxygen atoms in total. The molecular formula is C14H15FN2S. The van der Waals surface area contributed by atoms with Gasteiger partial charge in [-0.15, -0.1) is 11.8 Å². The van der Waals surface area contributed by atoms with Crippen molar-refractivity contribution >= 4 is 17.4 Å². The first kappa shape index (κ1) is 12.9. The molecule has 0 radical (unpaired) electrons. The highest BCUT2D eigenvalue weighted by Crippen LogP contribution is 2.28. The van der Waals surface area contributed by atoms with Crippen molar-refractivity contribution in [3.63, 3.8) is 0 Å². The van der Waals surface area contributed by atoms with Crippen molar-refractivity contribution in [3.8, 4) is 0 Å². The molecule has 0 saturated heterocycles. The van der Waals surface area contributed by atoms with Crippen LogP contribution in [-0.4, -0.2) is 5.75 Å². The predicted molar refractivity (Wildman–Crippen MR) is 74.9 cm³/mol. The third kappa shape index (κ3) is 3.24. The summed E-state index contributed by atoms with van der Waals surface area (Å²) < 4.78 is 12.9. The standard InChI is InChI=1S/C14H15FN2S/c15-11-6-7-14(12(16)8-11)18-9-13(17)10-4-2-1-3-5-10/h1-8,13H,9,16-17H2. The van der Waals surface area contributed by atoms with Gasteiger partial charge in [0, 0.05) is 22.4 Å². The van der Waals surface area contributed by atoms with Gasteiger partial charge >= 0.3 is 0 Å². The molecule has 0 fully saturated rings. The molecule has 0 heterocycles. The number of rotatable bonds is 4. The van der Waals surface area contributed by atoms with E-state index < -0.39 is 0 Å². The number of benzene rings is 2. The smallest absolute Gasteiger partial charge is 0.125 e. The van der Waals surface area contributed by atoms with Crippen molar-refractivity contribution < 1.29 is 4.39 Å². The molecule has 0 bridgehead atoms. The molecule has 2 rings (SSSR count). The lowest BCUT2D eigenvalue weighted by Gasteiger charge is -2.12. The Hall–Kier alpha value is -1.52. The summed E-state index contributed by atoms with van der Waals surface area (Å²) in [5, 5.41) is 0. The second kappa shape index (κ2) is 5.89. The van der Waals surface area contributed by atoms with Crippen LogP contribution >= 0.6 is 11.8 Å². The molecule has 1 unspecified atom stereocenters. The van der Waals surface area contributed by atoms with Gasteiger partial charge in [-0.3, -0.25) is 0 Å². The number of anilines is 1. The Balaban J connectivity index is 1.99. The predicted octanol–water partition coefficient (Wildman–Crippen LogP) is 3.20. The van der Waals surface area contributed by atoms with Gasteiger partial charge in [-0.2, -0.15) is 0 Å². The summed E-state index contributed by atoms with van der Waals surface area (Å²) >= 11 is 1.54. The average molecular weight is 262 g/mol. The van der Waals surface area contributed by atoms with Crippen LogP contribution in [0, 0.1) is 5.82 Å². The van der Waals surface area contributed by atoms with Gasteiger partial charge < -0.3 is 11.5 Å². The lowest BCUT2D eigenvalue weighted by atomic mass is 10.1. The number of hydrogen-bond acceptors (Lipinski definition) is 3. The summed E-state index contributed by atoms with van der Waals surface area (Å²) in [5.74, 6) is 0.393. The summed E-state index contributed by atoms with van der Waals surface area (Å²) in [6.45, 7) is 0. The Morgan fingerprint density at radius 2 is 1.83 bits per heavy atom. The molecular weight excluding hydrogens is 247 g/mol. The molecule has 18 heavy (non-hydrogen) atoms. The minimum absolute atomic E-state index is 0.0550. The van der Waals surface area contributed by atoms with Crippen LogP contribution in [0.4, 0.5) is 10.1 Å². The molecule has 0 amide bonds. The van der Waals surface area contributed by atoms with Crippen LogP contribution in [0.5, 0.6) is 0 Å². The van der Waals surface area contributed by atoms with Gasteiger partial charge in [-0.1, -0.05) is 30.3 Å². The van der Waals surface area contributed by atoms with E-state index in [0.29, 0.717) is 11.4 Å². The molecule has 94 valence electrons. The van der Waals surface area contributed by atoms with Crippen LogP contribution in [-0.2, 0) is 0 Å². The fourth-order valence-corrected chi connectivity index (χ4v) is 2.57. The zero-order valence-electron chi connectivity index (χ0n) is 9.84. The van der Waals surface area contributed by atoms with Gasteiger partial charge in [0.25, 0.3) is 0 Å². The molecule has 0 aliphatic heterocycles. The Morgan fingerprint density at radius 3 is 2.50 bits per heavy atom. The lowest BCUT2D eigenvalue weighted by Crippen LogP contribution is -2.12. The maximum Gasteiger partial charge on any atom is 0.125 e. The number of nitrogen functional groups attached to an aromatic ring is 1. The van der Waals surface area contributed by atoms with E-state index in [4.69, 9.17) is 11.5 Å². The van der Waals surface area contributed by atoms with Gasteiger partial charge in [0.15, 0.2) is 0 Å². The largest absolute Gasteiger partial charge is 0.398 e. The van der Waals surface area contributed by atoms with Crippen molar-refractivity contribution in [1.29, 1.82) is 0 Å². The molecule has 4 N–H and O–H groups in total. The van der Waals surface area contributed by atoms with Crippen LogP contribution < -0.4 is 11.5 Å². The number of hydrogen-bond donors (Lipinski definition) is 2. The molecule has 4 heteroatoms. The number of nitrogens with two attached hydrogens (primary N) is 2. The minimum atomic E-state index is -0.316. The van der Waals surface area contributed by atoms with Crippen molar-refractivity contribution in [2.24, 2.45) is 5.73 Å². The van der Waals surface area contributed by atoms with Gasteiger partial charge in [0.1, 0.15) is 5.82 Å². The summed E-state index contributed by atoms with van der Waals surface area (Å²) in [6, 6.07) is 14.3. The highest BCUT2D eigenvalue weighted by atomic mass is 32.2. The first-order valence-corrected chi connectivity index (χ1v) is 6.64. The van der Waals surface area contributed by atoms with Crippen LogP contribution in [0.3, 0.4) is 0 Å². The highest BCUT2D eigenvalue weighted by molar-refractivity contribution is 7.99. The zero-order chi connectivity index (χ0) is 13.0. The quantitative estimate of drug-likeness (QED) is 0.657. The molecule has 0 spiro atoms. The highest BCUT2D eigenvalue weighted by Gasteiger charge is 2.08. The SMILES string of the molecule is Nc1cc(F)ccc1SCC(N)c1ccccc1. The number of thioether (sulfide) groups is 1. The molecule has 0 aromatic heterocycles. The van der Waals surface area contributed by atoms with E-state index in [0.717, 1.165) is 10.5 Å². The topological polar surface area (TPSA) is 52.0 Å². The van der Waals surface area contributed by atoms with Crippen molar-refractivity contribution in [3.05, 3.63) is 59.9 Å². The van der Waals surface area contributed by atoms with Crippen LogP contribution in [0.2, 0.25) is 0 Å². The average Bonchev–Trinajstić information content (AvgIpc) is 2.38. The Bertz CT molecular complexity index is 516. The van der Waals surface area contributed by atoms with Gasteiger partial charge in [-0.25, -0.2) is 4.39 Å². The summed E-state index contributed by atoms with van der Waals surface area (Å²) in [7, 11) is 0. The van der Waals surface area contributed by atoms with Crippen LogP contribution in [0.1, 0.15) is 11.6 Å². The fraction of sp³-hybridized carbons (Fsp3) is 0.143. The third-order valence-electron chi connectivity index (χ3n) is 2.62. The number of halogens is 1. The first-order valence-electron chi connectivity index (χ1n) is 5.65. The molecule has 1 atom stereocenters. The van der Waals surface area contributed by atoms with E-state index >= 15 is 0 Å². The maximum absolute atomic E-state index is 12.9. The van der Waals surface area contributed by atoms with E-state index in [-0.39, 0.29) is 11.9 Å². The summed E-state index contributed by atoms with van der Waals surface area (Å²) in [5.41, 5.74) is 13.4. The normalized spacial score (nSPS) is 12.3. The Labute approximate surface area is 110 Å². The first-order chi connectivity index (χ1) is 8.66. The zero-order valence-corrected chi connectivity index (χ0v) is 10.7. The molecule has 2 aromatic carbocycles.